The first-order chi connectivity index (χ1) is 7.74. The Morgan fingerprint density at radius 3 is 2.41 bits per heavy atom. The lowest BCUT2D eigenvalue weighted by atomic mass is 10.2. The number of nitrogens with two attached hydrogens (primary N) is 1. The van der Waals surface area contributed by atoms with Crippen LogP contribution in [0, 0.1) is 0 Å². The predicted molar refractivity (Wildman–Crippen MR) is 62.1 cm³/mol. The third-order valence-electron chi connectivity index (χ3n) is 1.66. The van der Waals surface area contributed by atoms with Gasteiger partial charge in [0.2, 0.25) is 5.01 Å². The zero-order chi connectivity index (χ0) is 13.2. The Bertz CT molecular complexity index is 448. The third kappa shape index (κ3) is 3.50. The van der Waals surface area contributed by atoms with Crippen LogP contribution in [0.2, 0.25) is 0 Å². The first-order valence-electron chi connectivity index (χ1n) is 4.91. The van der Waals surface area contributed by atoms with Gasteiger partial charge in [-0.2, -0.15) is 0 Å². The molecule has 0 aliphatic heterocycles. The number of ether oxygens (including phenoxy) is 1. The van der Waals surface area contributed by atoms with Gasteiger partial charge in [-0.05, 0) is 20.8 Å². The van der Waals surface area contributed by atoms with E-state index in [1.807, 2.05) is 0 Å². The van der Waals surface area contributed by atoms with Crippen LogP contribution in [-0.4, -0.2) is 27.6 Å². The van der Waals surface area contributed by atoms with Crippen molar-refractivity contribution < 1.29 is 19.4 Å². The lowest BCUT2D eigenvalue weighted by Gasteiger charge is -2.18. The van der Waals surface area contributed by atoms with E-state index in [4.69, 9.17) is 15.6 Å². The fourth-order valence-corrected chi connectivity index (χ4v) is 1.87. The number of aromatic carboxylic acids is 1. The van der Waals surface area contributed by atoms with Gasteiger partial charge >= 0.3 is 11.9 Å². The normalized spacial score (nSPS) is 11.3. The molecule has 0 bridgehead atoms. The average Bonchev–Trinajstić information content (AvgIpc) is 2.58. The second-order valence-corrected chi connectivity index (χ2v) is 5.39. The van der Waals surface area contributed by atoms with E-state index >= 15 is 0 Å². The van der Waals surface area contributed by atoms with Gasteiger partial charge in [0.1, 0.15) is 5.60 Å². The second kappa shape index (κ2) is 4.80. The molecule has 0 unspecified atom stereocenters. The zero-order valence-electron chi connectivity index (χ0n) is 9.81. The summed E-state index contributed by atoms with van der Waals surface area (Å²) in [6.07, 6.45) is 0. The standard InChI is InChI=1S/C10H14N2O4S/c1-10(2,3)16-9(15)7-12-6(8(13)14)5(4-11)17-7/h4,11H2,1-3H3,(H,13,14). The van der Waals surface area contributed by atoms with Crippen molar-refractivity contribution in [2.75, 3.05) is 0 Å². The van der Waals surface area contributed by atoms with Crippen molar-refractivity contribution >= 4 is 23.3 Å². The van der Waals surface area contributed by atoms with Crippen LogP contribution in [0.4, 0.5) is 0 Å². The molecule has 1 heterocycles. The predicted octanol–water partition coefficient (Wildman–Crippen LogP) is 1.26. The summed E-state index contributed by atoms with van der Waals surface area (Å²) in [6, 6.07) is 0. The molecule has 0 radical (unpaired) electrons. The van der Waals surface area contributed by atoms with E-state index < -0.39 is 17.5 Å². The molecule has 1 aromatic heterocycles. The Hall–Kier alpha value is -1.47. The summed E-state index contributed by atoms with van der Waals surface area (Å²) >= 11 is 0.945. The highest BCUT2D eigenvalue weighted by molar-refractivity contribution is 7.13. The van der Waals surface area contributed by atoms with E-state index in [-0.39, 0.29) is 17.2 Å². The molecule has 0 aliphatic rings. The lowest BCUT2D eigenvalue weighted by Crippen LogP contribution is -2.23. The van der Waals surface area contributed by atoms with Crippen LogP contribution in [0.3, 0.4) is 0 Å². The van der Waals surface area contributed by atoms with E-state index in [1.54, 1.807) is 20.8 Å². The molecule has 6 nitrogen and oxygen atoms in total. The summed E-state index contributed by atoms with van der Waals surface area (Å²) in [4.78, 5) is 26.6. The molecule has 0 aromatic carbocycles. The fourth-order valence-electron chi connectivity index (χ4n) is 1.07. The number of thiazole rings is 1. The van der Waals surface area contributed by atoms with Gasteiger partial charge in [0.05, 0.1) is 4.88 Å². The van der Waals surface area contributed by atoms with E-state index in [2.05, 4.69) is 4.98 Å². The molecule has 0 saturated heterocycles. The second-order valence-electron chi connectivity index (χ2n) is 4.30. The zero-order valence-corrected chi connectivity index (χ0v) is 10.6. The summed E-state index contributed by atoms with van der Waals surface area (Å²) in [6.45, 7) is 5.20. The van der Waals surface area contributed by atoms with Crippen molar-refractivity contribution in [3.05, 3.63) is 15.6 Å². The molecule has 1 aromatic rings. The minimum absolute atomic E-state index is 0.0118. The highest BCUT2D eigenvalue weighted by Gasteiger charge is 2.24. The largest absolute Gasteiger partial charge is 0.476 e. The number of hydrogen-bond donors (Lipinski definition) is 2. The van der Waals surface area contributed by atoms with Gasteiger partial charge in [0, 0.05) is 6.54 Å². The third-order valence-corrected chi connectivity index (χ3v) is 2.72. The van der Waals surface area contributed by atoms with E-state index in [0.717, 1.165) is 11.3 Å². The Morgan fingerprint density at radius 1 is 1.47 bits per heavy atom. The van der Waals surface area contributed by atoms with Gasteiger partial charge in [-0.15, -0.1) is 11.3 Å². The van der Waals surface area contributed by atoms with Crippen LogP contribution in [-0.2, 0) is 11.3 Å². The number of carboxylic acids is 1. The molecule has 7 heteroatoms. The fraction of sp³-hybridized carbons (Fsp3) is 0.500. The van der Waals surface area contributed by atoms with Crippen LogP contribution >= 0.6 is 11.3 Å². The molecule has 0 saturated carbocycles. The van der Waals surface area contributed by atoms with Crippen molar-refractivity contribution in [3.8, 4) is 0 Å². The van der Waals surface area contributed by atoms with Crippen molar-refractivity contribution in [2.45, 2.75) is 32.9 Å². The number of esters is 1. The molecule has 0 amide bonds. The summed E-state index contributed by atoms with van der Waals surface area (Å²) in [5.74, 6) is -1.83. The van der Waals surface area contributed by atoms with Gasteiger partial charge in [-0.1, -0.05) is 0 Å². The maximum Gasteiger partial charge on any atom is 0.367 e. The van der Waals surface area contributed by atoms with Crippen molar-refractivity contribution in [1.29, 1.82) is 0 Å². The molecule has 17 heavy (non-hydrogen) atoms. The lowest BCUT2D eigenvalue weighted by molar-refractivity contribution is 0.00692. The maximum absolute atomic E-state index is 11.7. The van der Waals surface area contributed by atoms with Crippen LogP contribution in [0.15, 0.2) is 0 Å². The molecule has 3 N–H and O–H groups in total. The molecule has 0 atom stereocenters. The van der Waals surface area contributed by atoms with Gasteiger partial charge in [0.15, 0.2) is 5.69 Å². The monoisotopic (exact) mass is 258 g/mol. The van der Waals surface area contributed by atoms with Gasteiger partial charge in [-0.25, -0.2) is 14.6 Å². The Balaban J connectivity index is 3.00. The molecule has 0 spiro atoms. The Kier molecular flexibility index (Phi) is 3.84. The smallest absolute Gasteiger partial charge is 0.367 e. The van der Waals surface area contributed by atoms with Crippen LogP contribution in [0.1, 0.15) is 45.9 Å². The minimum atomic E-state index is -1.20. The Labute approximate surface area is 102 Å². The minimum Gasteiger partial charge on any atom is -0.476 e. The molecule has 94 valence electrons. The Morgan fingerprint density at radius 2 is 2.06 bits per heavy atom. The van der Waals surface area contributed by atoms with Crippen LogP contribution in [0.5, 0.6) is 0 Å². The molecular formula is C10H14N2O4S. The van der Waals surface area contributed by atoms with Crippen LogP contribution in [0.25, 0.3) is 0 Å². The highest BCUT2D eigenvalue weighted by atomic mass is 32.1. The van der Waals surface area contributed by atoms with Crippen LogP contribution < -0.4 is 5.73 Å². The number of aromatic nitrogens is 1. The molecule has 1 rings (SSSR count). The summed E-state index contributed by atoms with van der Waals surface area (Å²) in [5.41, 5.74) is 4.56. The molecule has 0 aliphatic carbocycles. The maximum atomic E-state index is 11.7. The summed E-state index contributed by atoms with van der Waals surface area (Å²) in [5, 5.41) is 8.87. The topological polar surface area (TPSA) is 103 Å². The highest BCUT2D eigenvalue weighted by Crippen LogP contribution is 2.21. The van der Waals surface area contributed by atoms with Crippen molar-refractivity contribution in [3.63, 3.8) is 0 Å². The van der Waals surface area contributed by atoms with Crippen molar-refractivity contribution in [1.82, 2.24) is 4.98 Å². The van der Waals surface area contributed by atoms with E-state index in [0.29, 0.717) is 4.88 Å². The van der Waals surface area contributed by atoms with E-state index in [9.17, 15) is 9.59 Å². The van der Waals surface area contributed by atoms with Gasteiger partial charge in [-0.3, -0.25) is 0 Å². The number of carbonyl (C=O) groups is 2. The summed E-state index contributed by atoms with van der Waals surface area (Å²) in [7, 11) is 0. The SMILES string of the molecule is CC(C)(C)OC(=O)c1nc(C(=O)O)c(CN)s1. The first kappa shape index (κ1) is 13.6. The van der Waals surface area contributed by atoms with Crippen molar-refractivity contribution in [2.24, 2.45) is 5.73 Å². The van der Waals surface area contributed by atoms with Gasteiger partial charge in [0.25, 0.3) is 0 Å². The number of rotatable bonds is 3. The number of nitrogens with zero attached hydrogens (tertiary/aromatic N) is 1. The molecule has 0 fully saturated rings. The van der Waals surface area contributed by atoms with Gasteiger partial charge < -0.3 is 15.6 Å². The molecular weight excluding hydrogens is 244 g/mol. The quantitative estimate of drug-likeness (QED) is 0.791. The number of carboxylic acid groups (broad SMARTS) is 1. The first-order valence-corrected chi connectivity index (χ1v) is 5.72. The summed E-state index contributed by atoms with van der Waals surface area (Å²) < 4.78 is 5.09. The number of carbonyl (C=O) groups excluding carboxylic acids is 1. The average molecular weight is 258 g/mol. The van der Waals surface area contributed by atoms with E-state index in [1.165, 1.54) is 0 Å². The number of hydrogen-bond acceptors (Lipinski definition) is 6.